The summed E-state index contributed by atoms with van der Waals surface area (Å²) in [7, 11) is 0. The number of benzene rings is 1. The number of carbonyl (C=O) groups is 1. The summed E-state index contributed by atoms with van der Waals surface area (Å²) in [5, 5.41) is 0. The first-order chi connectivity index (χ1) is 7.56. The third-order valence-corrected chi connectivity index (χ3v) is 2.46. The Morgan fingerprint density at radius 3 is 2.81 bits per heavy atom. The van der Waals surface area contributed by atoms with Gasteiger partial charge in [0.1, 0.15) is 5.75 Å². The maximum absolute atomic E-state index is 11.3. The van der Waals surface area contributed by atoms with Gasteiger partial charge >= 0.3 is 5.97 Å². The fraction of sp³-hybridized carbons (Fsp3) is 0.250. The summed E-state index contributed by atoms with van der Waals surface area (Å²) in [6.07, 6.45) is 2.38. The molecular formula is C12H12Cl2O2. The van der Waals surface area contributed by atoms with Crippen LogP contribution in [0.1, 0.15) is 11.1 Å². The van der Waals surface area contributed by atoms with Crippen molar-refractivity contribution in [3.8, 4) is 5.75 Å². The van der Waals surface area contributed by atoms with E-state index in [4.69, 9.17) is 27.9 Å². The molecular weight excluding hydrogens is 247 g/mol. The lowest BCUT2D eigenvalue weighted by atomic mass is 10.0. The minimum absolute atomic E-state index is 0.483. The molecule has 0 saturated carbocycles. The van der Waals surface area contributed by atoms with Crippen LogP contribution in [0, 0.1) is 6.92 Å². The zero-order valence-electron chi connectivity index (χ0n) is 8.87. The Morgan fingerprint density at radius 1 is 1.56 bits per heavy atom. The highest BCUT2D eigenvalue weighted by Gasteiger charge is 2.16. The van der Waals surface area contributed by atoms with Crippen molar-refractivity contribution in [3.05, 3.63) is 42.0 Å². The van der Waals surface area contributed by atoms with Crippen molar-refractivity contribution in [2.75, 3.05) is 0 Å². The topological polar surface area (TPSA) is 26.3 Å². The lowest BCUT2D eigenvalue weighted by molar-refractivity contribution is -0.132. The van der Waals surface area contributed by atoms with Crippen molar-refractivity contribution in [2.45, 2.75) is 18.2 Å². The van der Waals surface area contributed by atoms with Crippen molar-refractivity contribution in [3.63, 3.8) is 0 Å². The van der Waals surface area contributed by atoms with Gasteiger partial charge in [-0.25, -0.2) is 4.79 Å². The molecule has 0 aliphatic heterocycles. The van der Waals surface area contributed by atoms with E-state index in [1.807, 2.05) is 19.1 Å². The third-order valence-electron chi connectivity index (χ3n) is 2.10. The van der Waals surface area contributed by atoms with Gasteiger partial charge in [0.2, 0.25) is 4.84 Å². The van der Waals surface area contributed by atoms with E-state index >= 15 is 0 Å². The Bertz CT molecular complexity index is 400. The zero-order chi connectivity index (χ0) is 12.1. The third kappa shape index (κ3) is 3.26. The van der Waals surface area contributed by atoms with Crippen molar-refractivity contribution in [2.24, 2.45) is 0 Å². The highest BCUT2D eigenvalue weighted by Crippen LogP contribution is 2.24. The molecule has 0 aliphatic rings. The van der Waals surface area contributed by atoms with Crippen LogP contribution in [-0.4, -0.2) is 10.8 Å². The number of hydrogen-bond donors (Lipinski definition) is 0. The molecule has 0 radical (unpaired) electrons. The first-order valence-electron chi connectivity index (χ1n) is 4.75. The normalized spacial score (nSPS) is 10.2. The average molecular weight is 259 g/mol. The molecule has 1 aromatic carbocycles. The molecule has 0 saturated heterocycles. The van der Waals surface area contributed by atoms with Gasteiger partial charge in [-0.3, -0.25) is 0 Å². The van der Waals surface area contributed by atoms with Gasteiger partial charge in [-0.15, -0.1) is 6.58 Å². The van der Waals surface area contributed by atoms with Crippen LogP contribution in [0.15, 0.2) is 30.9 Å². The van der Waals surface area contributed by atoms with Crippen molar-refractivity contribution in [1.29, 1.82) is 0 Å². The highest BCUT2D eigenvalue weighted by molar-refractivity contribution is 6.53. The fourth-order valence-electron chi connectivity index (χ4n) is 1.33. The fourth-order valence-corrected chi connectivity index (χ4v) is 1.42. The monoisotopic (exact) mass is 258 g/mol. The van der Waals surface area contributed by atoms with Crippen LogP contribution in [-0.2, 0) is 11.2 Å². The van der Waals surface area contributed by atoms with E-state index in [9.17, 15) is 4.79 Å². The van der Waals surface area contributed by atoms with Crippen LogP contribution in [0.2, 0.25) is 0 Å². The predicted molar refractivity (Wildman–Crippen MR) is 66.2 cm³/mol. The molecule has 2 nitrogen and oxygen atoms in total. The maximum Gasteiger partial charge on any atom is 0.344 e. The van der Waals surface area contributed by atoms with Crippen LogP contribution < -0.4 is 4.74 Å². The lowest BCUT2D eigenvalue weighted by Crippen LogP contribution is -2.16. The number of halogens is 2. The first kappa shape index (κ1) is 13.1. The maximum atomic E-state index is 11.3. The van der Waals surface area contributed by atoms with E-state index in [0.29, 0.717) is 12.2 Å². The number of esters is 1. The SMILES string of the molecule is C=CCc1c(C)cccc1OC(=O)C(Cl)Cl. The largest absolute Gasteiger partial charge is 0.424 e. The van der Waals surface area contributed by atoms with Crippen LogP contribution >= 0.6 is 23.2 Å². The Kier molecular flexibility index (Phi) is 4.84. The van der Waals surface area contributed by atoms with Crippen molar-refractivity contribution in [1.82, 2.24) is 0 Å². The van der Waals surface area contributed by atoms with Gasteiger partial charge in [-0.2, -0.15) is 0 Å². The van der Waals surface area contributed by atoms with Gasteiger partial charge in [-0.1, -0.05) is 41.4 Å². The van der Waals surface area contributed by atoms with E-state index in [1.54, 1.807) is 12.1 Å². The van der Waals surface area contributed by atoms with Gasteiger partial charge in [0.05, 0.1) is 0 Å². The molecule has 0 aliphatic carbocycles. The number of ether oxygens (including phenoxy) is 1. The quantitative estimate of drug-likeness (QED) is 0.358. The number of aryl methyl sites for hydroxylation is 1. The second-order valence-electron chi connectivity index (χ2n) is 3.27. The molecule has 0 aromatic heterocycles. The predicted octanol–water partition coefficient (Wildman–Crippen LogP) is 3.43. The minimum atomic E-state index is -1.17. The molecule has 86 valence electrons. The summed E-state index contributed by atoms with van der Waals surface area (Å²) in [5.41, 5.74) is 1.95. The molecule has 4 heteroatoms. The van der Waals surface area contributed by atoms with Gasteiger partial charge in [0.15, 0.2) is 0 Å². The molecule has 0 spiro atoms. The van der Waals surface area contributed by atoms with Crippen LogP contribution in [0.5, 0.6) is 5.75 Å². The second-order valence-corrected chi connectivity index (χ2v) is 4.36. The number of allylic oxidation sites excluding steroid dienone is 1. The van der Waals surface area contributed by atoms with Gasteiger partial charge in [-0.05, 0) is 25.0 Å². The molecule has 0 amide bonds. The van der Waals surface area contributed by atoms with Crippen molar-refractivity contribution >= 4 is 29.2 Å². The Hall–Kier alpha value is -0.990. The number of hydrogen-bond acceptors (Lipinski definition) is 2. The van der Waals surface area contributed by atoms with Gasteiger partial charge in [0, 0.05) is 5.56 Å². The van der Waals surface area contributed by atoms with Crippen molar-refractivity contribution < 1.29 is 9.53 Å². The summed E-state index contributed by atoms with van der Waals surface area (Å²) < 4.78 is 5.09. The molecule has 16 heavy (non-hydrogen) atoms. The molecule has 1 aromatic rings. The smallest absolute Gasteiger partial charge is 0.344 e. The standard InChI is InChI=1S/C12H12Cl2O2/c1-3-5-9-8(2)6-4-7-10(9)16-12(15)11(13)14/h3-4,6-7,11H,1,5H2,2H3. The van der Waals surface area contributed by atoms with E-state index in [0.717, 1.165) is 11.1 Å². The molecule has 0 N–H and O–H groups in total. The lowest BCUT2D eigenvalue weighted by Gasteiger charge is -2.11. The first-order valence-corrected chi connectivity index (χ1v) is 5.62. The van der Waals surface area contributed by atoms with Gasteiger partial charge < -0.3 is 4.74 Å². The number of alkyl halides is 2. The van der Waals surface area contributed by atoms with E-state index in [2.05, 4.69) is 6.58 Å². The number of rotatable bonds is 4. The molecule has 0 bridgehead atoms. The summed E-state index contributed by atoms with van der Waals surface area (Å²) in [4.78, 5) is 10.1. The summed E-state index contributed by atoms with van der Waals surface area (Å²) in [6, 6.07) is 5.46. The van der Waals surface area contributed by atoms with E-state index in [1.165, 1.54) is 0 Å². The zero-order valence-corrected chi connectivity index (χ0v) is 10.4. The Labute approximate surface area is 105 Å². The van der Waals surface area contributed by atoms with Crippen LogP contribution in [0.4, 0.5) is 0 Å². The summed E-state index contributed by atoms with van der Waals surface area (Å²) >= 11 is 10.8. The summed E-state index contributed by atoms with van der Waals surface area (Å²) in [6.45, 7) is 5.60. The van der Waals surface area contributed by atoms with Crippen LogP contribution in [0.3, 0.4) is 0 Å². The Balaban J connectivity index is 2.98. The molecule has 0 heterocycles. The summed E-state index contributed by atoms with van der Waals surface area (Å²) in [5.74, 6) is -0.185. The molecule has 1 rings (SSSR count). The molecule has 0 atom stereocenters. The minimum Gasteiger partial charge on any atom is -0.424 e. The van der Waals surface area contributed by atoms with E-state index in [-0.39, 0.29) is 0 Å². The highest BCUT2D eigenvalue weighted by atomic mass is 35.5. The van der Waals surface area contributed by atoms with E-state index < -0.39 is 10.8 Å². The molecule has 0 unspecified atom stereocenters. The average Bonchev–Trinajstić information content (AvgIpc) is 2.23. The second kappa shape index (κ2) is 5.92. The number of carbonyl (C=O) groups excluding carboxylic acids is 1. The van der Waals surface area contributed by atoms with Gasteiger partial charge in [0.25, 0.3) is 0 Å². The Morgan fingerprint density at radius 2 is 2.25 bits per heavy atom. The molecule has 0 fully saturated rings. The van der Waals surface area contributed by atoms with Crippen LogP contribution in [0.25, 0.3) is 0 Å².